The Bertz CT molecular complexity index is 573. The molecule has 0 heterocycles. The van der Waals surface area contributed by atoms with E-state index in [1.54, 1.807) is 0 Å². The molecule has 0 aliphatic heterocycles. The highest BCUT2D eigenvalue weighted by Crippen LogP contribution is 2.43. The van der Waals surface area contributed by atoms with Crippen molar-refractivity contribution >= 4 is 38.1 Å². The molecule has 2 aromatic carbocycles. The summed E-state index contributed by atoms with van der Waals surface area (Å²) in [6.07, 6.45) is 0. The summed E-state index contributed by atoms with van der Waals surface area (Å²) in [6, 6.07) is 12.5. The molecule has 0 amide bonds. The van der Waals surface area contributed by atoms with E-state index in [0.717, 1.165) is 21.4 Å². The van der Waals surface area contributed by atoms with Gasteiger partial charge in [-0.15, -0.1) is 0 Å². The van der Waals surface area contributed by atoms with Crippen LogP contribution in [0.5, 0.6) is 0 Å². The first-order valence-electron chi connectivity index (χ1n) is 8.40. The van der Waals surface area contributed by atoms with Crippen LogP contribution in [0.2, 0.25) is 0 Å². The van der Waals surface area contributed by atoms with Crippen molar-refractivity contribution in [3.05, 3.63) is 36.4 Å². The zero-order valence-electron chi connectivity index (χ0n) is 14.8. The minimum Gasteiger partial charge on any atom is -0.331 e. The highest BCUT2D eigenvalue weighted by molar-refractivity contribution is 7.58. The number of fused-ring (bicyclic) bond motifs is 1. The van der Waals surface area contributed by atoms with E-state index in [2.05, 4.69) is 36.4 Å². The van der Waals surface area contributed by atoms with Crippen molar-refractivity contribution in [2.45, 2.75) is 27.7 Å². The zero-order chi connectivity index (χ0) is 17.4. The van der Waals surface area contributed by atoms with Gasteiger partial charge < -0.3 is 18.1 Å². The molecule has 24 heavy (non-hydrogen) atoms. The average Bonchev–Trinajstić information content (AvgIpc) is 2.60. The molecular weight excluding hydrogens is 342 g/mol. The second kappa shape index (κ2) is 10.4. The topological polar surface area (TPSA) is 36.9 Å². The number of hydrogen-bond donors (Lipinski definition) is 0. The maximum absolute atomic E-state index is 5.90. The maximum Gasteiger partial charge on any atom is 0.205 e. The molecule has 0 bridgehead atoms. The lowest BCUT2D eigenvalue weighted by molar-refractivity contribution is 0.277. The fraction of sp³-hybridized carbons (Fsp3) is 0.444. The Morgan fingerprint density at radius 1 is 0.625 bits per heavy atom. The molecule has 0 aromatic heterocycles. The Morgan fingerprint density at radius 3 is 1.33 bits per heavy atom. The first kappa shape index (κ1) is 19.7. The van der Waals surface area contributed by atoms with Gasteiger partial charge in [0.15, 0.2) is 0 Å². The monoisotopic (exact) mass is 368 g/mol. The minimum atomic E-state index is -1.12. The molecule has 0 radical (unpaired) electrons. The van der Waals surface area contributed by atoms with E-state index in [0.29, 0.717) is 26.4 Å². The minimum absolute atomic E-state index is 0.621. The van der Waals surface area contributed by atoms with Gasteiger partial charge in [-0.3, -0.25) is 0 Å². The maximum atomic E-state index is 5.90. The molecule has 2 rings (SSSR count). The molecule has 6 heteroatoms. The van der Waals surface area contributed by atoms with E-state index < -0.39 is 16.8 Å². The van der Waals surface area contributed by atoms with E-state index in [1.807, 2.05) is 27.7 Å². The number of rotatable bonds is 10. The van der Waals surface area contributed by atoms with E-state index >= 15 is 0 Å². The van der Waals surface area contributed by atoms with Crippen molar-refractivity contribution in [2.24, 2.45) is 0 Å². The van der Waals surface area contributed by atoms with Crippen LogP contribution in [0.15, 0.2) is 36.4 Å². The van der Waals surface area contributed by atoms with Gasteiger partial charge in [0.2, 0.25) is 16.8 Å². The van der Waals surface area contributed by atoms with Crippen LogP contribution >= 0.6 is 16.8 Å². The van der Waals surface area contributed by atoms with Gasteiger partial charge in [-0.05, 0) is 45.2 Å². The van der Waals surface area contributed by atoms with Crippen LogP contribution in [0.3, 0.4) is 0 Å². The van der Waals surface area contributed by atoms with Crippen molar-refractivity contribution in [3.8, 4) is 0 Å². The molecule has 0 aliphatic rings. The van der Waals surface area contributed by atoms with Crippen LogP contribution in [0.4, 0.5) is 0 Å². The lowest BCUT2D eigenvalue weighted by Gasteiger charge is -2.22. The third-order valence-corrected chi connectivity index (χ3v) is 6.74. The smallest absolute Gasteiger partial charge is 0.205 e. The van der Waals surface area contributed by atoms with Crippen molar-refractivity contribution < 1.29 is 18.1 Å². The lowest BCUT2D eigenvalue weighted by atomic mass is 10.1. The number of benzene rings is 2. The van der Waals surface area contributed by atoms with Gasteiger partial charge in [-0.1, -0.05) is 24.3 Å². The highest BCUT2D eigenvalue weighted by atomic mass is 31.2. The standard InChI is InChI=1S/C18H26O4P2/c1-5-19-23(20-6-2)16-13-9-11-15-12-10-14-17(18(15)16)24(21-7-3)22-8-4/h9-14H,5-8H2,1-4H3. The second-order valence-corrected chi connectivity index (χ2v) is 7.86. The summed E-state index contributed by atoms with van der Waals surface area (Å²) in [5.74, 6) is 0. The van der Waals surface area contributed by atoms with Crippen LogP contribution in [0.1, 0.15) is 27.7 Å². The highest BCUT2D eigenvalue weighted by Gasteiger charge is 2.22. The molecule has 2 aromatic rings. The van der Waals surface area contributed by atoms with E-state index in [9.17, 15) is 0 Å². The molecule has 0 atom stereocenters. The van der Waals surface area contributed by atoms with Crippen LogP contribution in [0, 0.1) is 0 Å². The van der Waals surface area contributed by atoms with Gasteiger partial charge in [-0.25, -0.2) is 0 Å². The van der Waals surface area contributed by atoms with Crippen molar-refractivity contribution in [3.63, 3.8) is 0 Å². The van der Waals surface area contributed by atoms with Crippen molar-refractivity contribution in [1.29, 1.82) is 0 Å². The van der Waals surface area contributed by atoms with Gasteiger partial charge in [0.1, 0.15) is 0 Å². The van der Waals surface area contributed by atoms with Crippen LogP contribution < -0.4 is 10.6 Å². The summed E-state index contributed by atoms with van der Waals surface area (Å²) in [4.78, 5) is 0. The second-order valence-electron chi connectivity index (χ2n) is 4.84. The van der Waals surface area contributed by atoms with Crippen LogP contribution in [0.25, 0.3) is 10.8 Å². The quantitative estimate of drug-likeness (QED) is 0.561. The Morgan fingerprint density at radius 2 is 1.00 bits per heavy atom. The average molecular weight is 368 g/mol. The Kier molecular flexibility index (Phi) is 8.55. The molecule has 0 aliphatic carbocycles. The molecule has 0 unspecified atom stereocenters. The van der Waals surface area contributed by atoms with Crippen molar-refractivity contribution in [1.82, 2.24) is 0 Å². The van der Waals surface area contributed by atoms with Gasteiger partial charge in [0.25, 0.3) is 0 Å². The largest absolute Gasteiger partial charge is 0.331 e. The molecule has 0 fully saturated rings. The first-order chi connectivity index (χ1) is 11.8. The van der Waals surface area contributed by atoms with E-state index in [-0.39, 0.29) is 0 Å². The molecular formula is C18H26O4P2. The molecule has 0 saturated carbocycles. The van der Waals surface area contributed by atoms with E-state index in [1.165, 1.54) is 0 Å². The lowest BCUT2D eigenvalue weighted by Crippen LogP contribution is -2.16. The van der Waals surface area contributed by atoms with Crippen molar-refractivity contribution in [2.75, 3.05) is 26.4 Å². The third-order valence-electron chi connectivity index (χ3n) is 3.24. The third kappa shape index (κ3) is 4.73. The van der Waals surface area contributed by atoms with Gasteiger partial charge in [0.05, 0.1) is 26.4 Å². The van der Waals surface area contributed by atoms with Crippen LogP contribution in [-0.4, -0.2) is 26.4 Å². The Labute approximate surface area is 147 Å². The number of hydrogen-bond acceptors (Lipinski definition) is 4. The summed E-state index contributed by atoms with van der Waals surface area (Å²) in [5.41, 5.74) is 0. The normalized spacial score (nSPS) is 11.8. The fourth-order valence-electron chi connectivity index (χ4n) is 2.43. The first-order valence-corrected chi connectivity index (χ1v) is 10.8. The predicted molar refractivity (Wildman–Crippen MR) is 104 cm³/mol. The molecule has 0 N–H and O–H groups in total. The fourth-order valence-corrected chi connectivity index (χ4v) is 5.44. The summed E-state index contributed by atoms with van der Waals surface area (Å²) in [5, 5.41) is 4.48. The summed E-state index contributed by atoms with van der Waals surface area (Å²) < 4.78 is 23.6. The molecule has 0 saturated heterocycles. The summed E-state index contributed by atoms with van der Waals surface area (Å²) >= 11 is 0. The Balaban J connectivity index is 2.59. The molecule has 4 nitrogen and oxygen atoms in total. The summed E-state index contributed by atoms with van der Waals surface area (Å²) in [7, 11) is -2.23. The molecule has 132 valence electrons. The van der Waals surface area contributed by atoms with Gasteiger partial charge in [-0.2, -0.15) is 0 Å². The van der Waals surface area contributed by atoms with E-state index in [4.69, 9.17) is 18.1 Å². The van der Waals surface area contributed by atoms with Gasteiger partial charge >= 0.3 is 0 Å². The SMILES string of the molecule is CCOP(OCC)c1cccc2cccc(P(OCC)OCC)c12. The van der Waals surface area contributed by atoms with Gasteiger partial charge in [0, 0.05) is 16.0 Å². The predicted octanol–water partition coefficient (Wildman–Crippen LogP) is 4.86. The summed E-state index contributed by atoms with van der Waals surface area (Å²) in [6.45, 7) is 10.5. The zero-order valence-corrected chi connectivity index (χ0v) is 16.6. The Hall–Kier alpha value is -0.600. The van der Waals surface area contributed by atoms with Crippen LogP contribution in [-0.2, 0) is 18.1 Å². The molecule has 0 spiro atoms.